The van der Waals surface area contributed by atoms with Gasteiger partial charge in [-0.15, -0.1) is 0 Å². The molecule has 0 unspecified atom stereocenters. The maximum atomic E-state index is 4.38. The molecule has 0 bridgehead atoms. The quantitative estimate of drug-likeness (QED) is 0.865. The Morgan fingerprint density at radius 1 is 1.25 bits per heavy atom. The van der Waals surface area contributed by atoms with Gasteiger partial charge in [-0.05, 0) is 29.1 Å². The van der Waals surface area contributed by atoms with E-state index >= 15 is 0 Å². The summed E-state index contributed by atoms with van der Waals surface area (Å²) < 4.78 is 4.38. The second-order valence-electron chi connectivity index (χ2n) is 4.11. The smallest absolute Gasteiger partial charge is 0.140 e. The first-order valence-corrected chi connectivity index (χ1v) is 6.27. The molecule has 1 N–H and O–H groups in total. The van der Waals surface area contributed by atoms with Gasteiger partial charge in [0.15, 0.2) is 0 Å². The van der Waals surface area contributed by atoms with Crippen LogP contribution in [0.3, 0.4) is 0 Å². The van der Waals surface area contributed by atoms with E-state index in [-0.39, 0.29) is 0 Å². The minimum atomic E-state index is 0.560. The van der Waals surface area contributed by atoms with Crippen LogP contribution in [0.15, 0.2) is 36.4 Å². The van der Waals surface area contributed by atoms with Gasteiger partial charge in [0.05, 0.1) is 0 Å². The third-order valence-corrected chi connectivity index (χ3v) is 3.50. The van der Waals surface area contributed by atoms with Gasteiger partial charge in [0, 0.05) is 11.4 Å². The summed E-state index contributed by atoms with van der Waals surface area (Å²) in [6, 6.07) is 12.5. The predicted molar refractivity (Wildman–Crippen MR) is 70.0 cm³/mol. The van der Waals surface area contributed by atoms with Gasteiger partial charge in [-0.2, -0.15) is 4.37 Å². The Labute approximate surface area is 100 Å². The lowest BCUT2D eigenvalue weighted by Gasteiger charge is -2.02. The summed E-state index contributed by atoms with van der Waals surface area (Å²) in [6.45, 7) is 5.21. The first-order valence-electron chi connectivity index (χ1n) is 5.50. The maximum Gasteiger partial charge on any atom is 0.140 e. The van der Waals surface area contributed by atoms with E-state index in [1.807, 2.05) is 6.07 Å². The van der Waals surface area contributed by atoms with Crippen molar-refractivity contribution in [2.75, 3.05) is 5.32 Å². The number of benzene rings is 1. The molecule has 2 rings (SSSR count). The highest BCUT2D eigenvalue weighted by Crippen LogP contribution is 2.22. The van der Waals surface area contributed by atoms with E-state index in [0.717, 1.165) is 12.4 Å². The Kier molecular flexibility index (Phi) is 3.57. The second-order valence-corrected chi connectivity index (χ2v) is 4.94. The average Bonchev–Trinajstić information content (AvgIpc) is 2.76. The Bertz CT molecular complexity index is 434. The van der Waals surface area contributed by atoms with Gasteiger partial charge < -0.3 is 5.32 Å². The molecule has 1 aromatic heterocycles. The summed E-state index contributed by atoms with van der Waals surface area (Å²) in [5.41, 5.74) is 1.28. The van der Waals surface area contributed by atoms with E-state index < -0.39 is 0 Å². The van der Waals surface area contributed by atoms with E-state index in [1.54, 1.807) is 11.5 Å². The van der Waals surface area contributed by atoms with E-state index in [2.05, 4.69) is 53.9 Å². The van der Waals surface area contributed by atoms with Gasteiger partial charge in [0.1, 0.15) is 5.82 Å². The van der Waals surface area contributed by atoms with Crippen molar-refractivity contribution in [3.8, 4) is 0 Å². The van der Waals surface area contributed by atoms with Crippen molar-refractivity contribution in [1.82, 2.24) is 4.37 Å². The zero-order valence-electron chi connectivity index (χ0n) is 9.60. The molecule has 2 aromatic rings. The summed E-state index contributed by atoms with van der Waals surface area (Å²) in [4.78, 5) is 1.33. The van der Waals surface area contributed by atoms with Gasteiger partial charge in [0.25, 0.3) is 0 Å². The lowest BCUT2D eigenvalue weighted by atomic mass is 10.2. The molecule has 2 nitrogen and oxygen atoms in total. The number of hydrogen-bond donors (Lipinski definition) is 1. The fourth-order valence-corrected chi connectivity index (χ4v) is 2.13. The number of nitrogens with one attached hydrogen (secondary N) is 1. The van der Waals surface area contributed by atoms with Crippen LogP contribution in [0.1, 0.15) is 30.2 Å². The molecule has 0 aliphatic heterocycles. The highest BCUT2D eigenvalue weighted by Gasteiger charge is 2.04. The summed E-state index contributed by atoms with van der Waals surface area (Å²) in [5, 5.41) is 3.34. The van der Waals surface area contributed by atoms with Gasteiger partial charge in [0.2, 0.25) is 0 Å². The van der Waals surface area contributed by atoms with Gasteiger partial charge in [-0.3, -0.25) is 0 Å². The molecule has 0 spiro atoms. The molecule has 84 valence electrons. The average molecular weight is 232 g/mol. The Balaban J connectivity index is 1.95. The van der Waals surface area contributed by atoms with E-state index in [1.165, 1.54) is 10.4 Å². The standard InChI is InChI=1S/C13H16N2S/c1-10(2)12-8-13(15-16-12)14-9-11-6-4-3-5-7-11/h3-8,10H,9H2,1-2H3,(H,14,15). The summed E-state index contributed by atoms with van der Waals surface area (Å²) in [7, 11) is 0. The van der Waals surface area contributed by atoms with E-state index in [4.69, 9.17) is 0 Å². The van der Waals surface area contributed by atoms with Gasteiger partial charge in [-0.1, -0.05) is 44.2 Å². The number of anilines is 1. The van der Waals surface area contributed by atoms with Crippen molar-refractivity contribution in [2.24, 2.45) is 0 Å². The van der Waals surface area contributed by atoms with E-state index in [0.29, 0.717) is 5.92 Å². The monoisotopic (exact) mass is 232 g/mol. The largest absolute Gasteiger partial charge is 0.365 e. The highest BCUT2D eigenvalue weighted by atomic mass is 32.1. The zero-order valence-corrected chi connectivity index (χ0v) is 10.4. The molecule has 16 heavy (non-hydrogen) atoms. The molecule has 0 radical (unpaired) electrons. The molecule has 3 heteroatoms. The first-order chi connectivity index (χ1) is 7.75. The number of hydrogen-bond acceptors (Lipinski definition) is 3. The van der Waals surface area contributed by atoms with Crippen molar-refractivity contribution < 1.29 is 0 Å². The molecular formula is C13H16N2S. The summed E-state index contributed by atoms with van der Waals surface area (Å²) >= 11 is 1.58. The third kappa shape index (κ3) is 2.83. The number of aromatic nitrogens is 1. The lowest BCUT2D eigenvalue weighted by molar-refractivity contribution is 0.889. The van der Waals surface area contributed by atoms with Crippen molar-refractivity contribution in [3.05, 3.63) is 46.8 Å². The third-order valence-electron chi connectivity index (χ3n) is 2.41. The van der Waals surface area contributed by atoms with Crippen molar-refractivity contribution in [3.63, 3.8) is 0 Å². The lowest BCUT2D eigenvalue weighted by Crippen LogP contribution is -1.98. The van der Waals surface area contributed by atoms with Gasteiger partial charge in [-0.25, -0.2) is 0 Å². The Hall–Kier alpha value is -1.35. The van der Waals surface area contributed by atoms with Crippen LogP contribution in [0.4, 0.5) is 5.82 Å². The van der Waals surface area contributed by atoms with Gasteiger partial charge >= 0.3 is 0 Å². The fraction of sp³-hybridized carbons (Fsp3) is 0.308. The highest BCUT2D eigenvalue weighted by molar-refractivity contribution is 7.06. The molecule has 0 aliphatic carbocycles. The SMILES string of the molecule is CC(C)c1cc(NCc2ccccc2)ns1. The zero-order chi connectivity index (χ0) is 11.4. The molecule has 1 heterocycles. The van der Waals surface area contributed by atoms with Crippen LogP contribution in [0, 0.1) is 0 Å². The minimum Gasteiger partial charge on any atom is -0.365 e. The van der Waals surface area contributed by atoms with Crippen LogP contribution in [0.25, 0.3) is 0 Å². The minimum absolute atomic E-state index is 0.560. The summed E-state index contributed by atoms with van der Waals surface area (Å²) in [5.74, 6) is 1.54. The van der Waals surface area contributed by atoms with Crippen LogP contribution in [-0.2, 0) is 6.54 Å². The predicted octanol–water partition coefficient (Wildman–Crippen LogP) is 3.88. The second kappa shape index (κ2) is 5.12. The van der Waals surface area contributed by atoms with Crippen LogP contribution in [0.2, 0.25) is 0 Å². The van der Waals surface area contributed by atoms with Crippen molar-refractivity contribution >= 4 is 17.4 Å². The van der Waals surface area contributed by atoms with Crippen LogP contribution >= 0.6 is 11.5 Å². The normalized spacial score (nSPS) is 10.7. The molecular weight excluding hydrogens is 216 g/mol. The van der Waals surface area contributed by atoms with Crippen LogP contribution < -0.4 is 5.32 Å². The summed E-state index contributed by atoms with van der Waals surface area (Å²) in [6.07, 6.45) is 0. The van der Waals surface area contributed by atoms with Crippen molar-refractivity contribution in [2.45, 2.75) is 26.3 Å². The fourth-order valence-electron chi connectivity index (χ4n) is 1.43. The van der Waals surface area contributed by atoms with E-state index in [9.17, 15) is 0 Å². The topological polar surface area (TPSA) is 24.9 Å². The molecule has 0 atom stereocenters. The molecule has 0 aliphatic rings. The Morgan fingerprint density at radius 3 is 2.62 bits per heavy atom. The van der Waals surface area contributed by atoms with Crippen LogP contribution in [0.5, 0.6) is 0 Å². The van der Waals surface area contributed by atoms with Crippen molar-refractivity contribution in [1.29, 1.82) is 0 Å². The molecule has 0 saturated carbocycles. The molecule has 0 fully saturated rings. The maximum absolute atomic E-state index is 4.38. The Morgan fingerprint density at radius 2 is 2.00 bits per heavy atom. The first kappa shape index (κ1) is 11.1. The van der Waals surface area contributed by atoms with Crippen LogP contribution in [-0.4, -0.2) is 4.37 Å². The number of nitrogens with zero attached hydrogens (tertiary/aromatic N) is 1. The molecule has 0 amide bonds. The molecule has 0 saturated heterocycles. The number of rotatable bonds is 4. The molecule has 1 aromatic carbocycles.